The summed E-state index contributed by atoms with van der Waals surface area (Å²) >= 11 is 3.03. The third kappa shape index (κ3) is 4.37. The van der Waals surface area contributed by atoms with E-state index in [-0.39, 0.29) is 5.91 Å². The average Bonchev–Trinajstić information content (AvgIpc) is 3.35. The zero-order valence-corrected chi connectivity index (χ0v) is 16.8. The van der Waals surface area contributed by atoms with E-state index < -0.39 is 0 Å². The van der Waals surface area contributed by atoms with Crippen LogP contribution < -0.4 is 10.1 Å². The summed E-state index contributed by atoms with van der Waals surface area (Å²) in [6.07, 6.45) is 0.413. The molecule has 7 heteroatoms. The van der Waals surface area contributed by atoms with Crippen molar-refractivity contribution < 1.29 is 13.9 Å². The number of aromatic nitrogens is 1. The summed E-state index contributed by atoms with van der Waals surface area (Å²) in [5.41, 5.74) is 1.55. The highest BCUT2D eigenvalue weighted by molar-refractivity contribution is 7.99. The lowest BCUT2D eigenvalue weighted by Gasteiger charge is -2.04. The molecule has 0 spiro atoms. The van der Waals surface area contributed by atoms with Crippen molar-refractivity contribution in [3.8, 4) is 17.2 Å². The molecule has 0 saturated heterocycles. The number of furan rings is 1. The Morgan fingerprint density at radius 1 is 1.21 bits per heavy atom. The molecular formula is C21H18N2O3S2. The van der Waals surface area contributed by atoms with E-state index in [1.807, 2.05) is 60.0 Å². The number of para-hydroxylation sites is 1. The number of carbonyl (C=O) groups excluding carboxylic acids is 1. The van der Waals surface area contributed by atoms with Crippen molar-refractivity contribution in [2.45, 2.75) is 11.3 Å². The number of amides is 1. The second-order valence-electron chi connectivity index (χ2n) is 6.01. The molecular weight excluding hydrogens is 392 g/mol. The predicted molar refractivity (Wildman–Crippen MR) is 114 cm³/mol. The van der Waals surface area contributed by atoms with Crippen LogP contribution >= 0.6 is 23.1 Å². The van der Waals surface area contributed by atoms with Gasteiger partial charge < -0.3 is 14.5 Å². The summed E-state index contributed by atoms with van der Waals surface area (Å²) in [5, 5.41) is 6.36. The normalized spacial score (nSPS) is 10.9. The third-order valence-electron chi connectivity index (χ3n) is 4.09. The minimum absolute atomic E-state index is 0.0495. The van der Waals surface area contributed by atoms with Crippen molar-refractivity contribution in [3.63, 3.8) is 0 Å². The minimum atomic E-state index is -0.0495. The van der Waals surface area contributed by atoms with E-state index in [2.05, 4.69) is 10.3 Å². The Morgan fingerprint density at radius 2 is 2.04 bits per heavy atom. The van der Waals surface area contributed by atoms with E-state index in [0.29, 0.717) is 23.1 Å². The van der Waals surface area contributed by atoms with Gasteiger partial charge in [0.1, 0.15) is 17.0 Å². The Morgan fingerprint density at radius 3 is 2.82 bits per heavy atom. The highest BCUT2D eigenvalue weighted by Crippen LogP contribution is 2.30. The molecule has 1 amide bonds. The van der Waals surface area contributed by atoms with Crippen LogP contribution in [0.5, 0.6) is 5.75 Å². The zero-order chi connectivity index (χ0) is 19.3. The van der Waals surface area contributed by atoms with Crippen molar-refractivity contribution in [1.82, 2.24) is 4.98 Å². The van der Waals surface area contributed by atoms with Crippen molar-refractivity contribution in [2.24, 2.45) is 0 Å². The summed E-state index contributed by atoms with van der Waals surface area (Å²) in [4.78, 5) is 17.8. The molecule has 4 rings (SSSR count). The van der Waals surface area contributed by atoms with E-state index in [4.69, 9.17) is 9.15 Å². The number of thiazole rings is 1. The summed E-state index contributed by atoms with van der Waals surface area (Å²) in [6.45, 7) is 0. The summed E-state index contributed by atoms with van der Waals surface area (Å²) < 4.78 is 11.0. The van der Waals surface area contributed by atoms with Crippen molar-refractivity contribution in [2.75, 3.05) is 18.2 Å². The molecule has 5 nitrogen and oxygen atoms in total. The minimum Gasteiger partial charge on any atom is -0.497 e. The van der Waals surface area contributed by atoms with Crippen molar-refractivity contribution in [3.05, 3.63) is 60.0 Å². The van der Waals surface area contributed by atoms with Gasteiger partial charge >= 0.3 is 0 Å². The molecule has 0 unspecified atom stereocenters. The maximum absolute atomic E-state index is 12.2. The average molecular weight is 411 g/mol. The summed E-state index contributed by atoms with van der Waals surface area (Å²) in [7, 11) is 1.64. The quantitative estimate of drug-likeness (QED) is 0.397. The van der Waals surface area contributed by atoms with Crippen LogP contribution in [0.3, 0.4) is 0 Å². The number of ether oxygens (including phenoxy) is 1. The van der Waals surface area contributed by atoms with Gasteiger partial charge in [-0.3, -0.25) is 4.79 Å². The number of methoxy groups -OCH3 is 1. The van der Waals surface area contributed by atoms with E-state index in [1.165, 1.54) is 11.3 Å². The second kappa shape index (κ2) is 8.50. The third-order valence-corrected chi connectivity index (χ3v) is 5.86. The first-order valence-electron chi connectivity index (χ1n) is 8.72. The van der Waals surface area contributed by atoms with E-state index in [1.54, 1.807) is 18.9 Å². The molecule has 2 heterocycles. The van der Waals surface area contributed by atoms with Crippen LogP contribution in [0.25, 0.3) is 22.4 Å². The fourth-order valence-electron chi connectivity index (χ4n) is 2.67. The van der Waals surface area contributed by atoms with E-state index in [9.17, 15) is 4.79 Å². The van der Waals surface area contributed by atoms with Gasteiger partial charge in [-0.25, -0.2) is 4.98 Å². The maximum atomic E-state index is 12.2. The molecule has 0 aliphatic heterocycles. The lowest BCUT2D eigenvalue weighted by molar-refractivity contribution is -0.115. The number of carbonyl (C=O) groups is 1. The first-order chi connectivity index (χ1) is 13.7. The van der Waals surface area contributed by atoms with Gasteiger partial charge in [0.05, 0.1) is 7.11 Å². The van der Waals surface area contributed by atoms with Gasteiger partial charge in [-0.2, -0.15) is 0 Å². The fourth-order valence-corrected chi connectivity index (χ4v) is 4.24. The van der Waals surface area contributed by atoms with Crippen LogP contribution in [-0.4, -0.2) is 23.8 Å². The first-order valence-corrected chi connectivity index (χ1v) is 10.6. The van der Waals surface area contributed by atoms with Gasteiger partial charge in [0.2, 0.25) is 5.91 Å². The number of hydrogen-bond donors (Lipinski definition) is 1. The molecule has 0 fully saturated rings. The van der Waals surface area contributed by atoms with Gasteiger partial charge in [-0.1, -0.05) is 18.2 Å². The molecule has 0 atom stereocenters. The topological polar surface area (TPSA) is 64.4 Å². The molecule has 2 aromatic carbocycles. The SMILES string of the molecule is COc1ccc(SCCC(=O)Nc2nc(-c3cc4ccccc4o3)cs2)cc1. The molecule has 0 aliphatic carbocycles. The van der Waals surface area contributed by atoms with Gasteiger partial charge in [-0.15, -0.1) is 23.1 Å². The molecule has 0 saturated carbocycles. The predicted octanol–water partition coefficient (Wildman–Crippen LogP) is 5.69. The summed E-state index contributed by atoms with van der Waals surface area (Å²) in [6, 6.07) is 17.6. The smallest absolute Gasteiger partial charge is 0.226 e. The molecule has 0 bridgehead atoms. The monoisotopic (exact) mass is 410 g/mol. The van der Waals surface area contributed by atoms with Crippen molar-refractivity contribution in [1.29, 1.82) is 0 Å². The Balaban J connectivity index is 1.31. The maximum Gasteiger partial charge on any atom is 0.226 e. The molecule has 28 heavy (non-hydrogen) atoms. The molecule has 0 aliphatic rings. The number of nitrogens with one attached hydrogen (secondary N) is 1. The molecule has 1 N–H and O–H groups in total. The van der Waals surface area contributed by atoms with Crippen LogP contribution in [-0.2, 0) is 4.79 Å². The Labute approximate surface area is 170 Å². The van der Waals surface area contributed by atoms with Crippen molar-refractivity contribution >= 4 is 45.1 Å². The highest BCUT2D eigenvalue weighted by Gasteiger charge is 2.12. The van der Waals surface area contributed by atoms with E-state index in [0.717, 1.165) is 27.3 Å². The fraction of sp³-hybridized carbons (Fsp3) is 0.143. The van der Waals surface area contributed by atoms with Gasteiger partial charge in [0.15, 0.2) is 10.9 Å². The highest BCUT2D eigenvalue weighted by atomic mass is 32.2. The van der Waals surface area contributed by atoms with Crippen LogP contribution in [0.15, 0.2) is 69.3 Å². The molecule has 0 radical (unpaired) electrons. The Bertz CT molecular complexity index is 1050. The van der Waals surface area contributed by atoms with Crippen LogP contribution in [0, 0.1) is 0 Å². The number of thioether (sulfide) groups is 1. The van der Waals surface area contributed by atoms with Gasteiger partial charge in [0, 0.05) is 27.8 Å². The van der Waals surface area contributed by atoms with Gasteiger partial charge in [-0.05, 0) is 36.4 Å². The second-order valence-corrected chi connectivity index (χ2v) is 8.03. The number of hydrogen-bond acceptors (Lipinski definition) is 6. The van der Waals surface area contributed by atoms with Crippen LogP contribution in [0.4, 0.5) is 5.13 Å². The van der Waals surface area contributed by atoms with Gasteiger partial charge in [0.25, 0.3) is 0 Å². The molecule has 2 aromatic heterocycles. The molecule has 4 aromatic rings. The number of benzene rings is 2. The number of anilines is 1. The number of nitrogens with zero attached hydrogens (tertiary/aromatic N) is 1. The Kier molecular flexibility index (Phi) is 5.64. The lowest BCUT2D eigenvalue weighted by Crippen LogP contribution is -2.11. The largest absolute Gasteiger partial charge is 0.497 e. The summed E-state index contributed by atoms with van der Waals surface area (Å²) in [5.74, 6) is 2.17. The standard InChI is InChI=1S/C21H18N2O3S2/c1-25-15-6-8-16(9-7-15)27-11-10-20(24)23-21-22-17(13-28-21)19-12-14-4-2-3-5-18(14)26-19/h2-9,12-13H,10-11H2,1H3,(H,22,23,24). The number of fused-ring (bicyclic) bond motifs is 1. The van der Waals surface area contributed by atoms with Crippen LogP contribution in [0.1, 0.15) is 6.42 Å². The number of rotatable bonds is 7. The Hall–Kier alpha value is -2.77. The molecule has 142 valence electrons. The first kappa shape index (κ1) is 18.6. The lowest BCUT2D eigenvalue weighted by atomic mass is 10.2. The van der Waals surface area contributed by atoms with E-state index >= 15 is 0 Å². The van der Waals surface area contributed by atoms with Crippen LogP contribution in [0.2, 0.25) is 0 Å². The zero-order valence-electron chi connectivity index (χ0n) is 15.2.